The maximum Gasteiger partial charge on any atom is 0.307 e. The molecule has 0 heterocycles. The summed E-state index contributed by atoms with van der Waals surface area (Å²) in [4.78, 5) is 2.23. The Hall–Kier alpha value is -2.28. The zero-order chi connectivity index (χ0) is 22.8. The van der Waals surface area contributed by atoms with Gasteiger partial charge < -0.3 is 0 Å². The normalized spacial score (nSPS) is 12.5. The number of hydrogen-bond donors (Lipinski definition) is 0. The second-order valence-corrected chi connectivity index (χ2v) is 12.4. The van der Waals surface area contributed by atoms with Gasteiger partial charge in [0.25, 0.3) is 0 Å². The van der Waals surface area contributed by atoms with Gasteiger partial charge in [0.1, 0.15) is 0 Å². The standard InChI is InChI=1S/C25H20Cl2O3S2/c1-19-7-13-25(14-8-19)32(28,29)30-31(22-5-3-2-4-6-22,23-15-9-20(26)10-16-23)24-17-11-21(27)12-18-24/h2-18H,1H3. The molecule has 4 rings (SSSR count). The van der Waals surface area contributed by atoms with E-state index in [2.05, 4.69) is 0 Å². The summed E-state index contributed by atoms with van der Waals surface area (Å²) in [5, 5.41) is 1.10. The Morgan fingerprint density at radius 3 is 1.44 bits per heavy atom. The molecule has 0 aliphatic carbocycles. The number of halogens is 2. The lowest BCUT2D eigenvalue weighted by Crippen LogP contribution is -2.14. The number of benzene rings is 4. The quantitative estimate of drug-likeness (QED) is 0.269. The SMILES string of the molecule is Cc1ccc(S(=O)(=O)OS(c2ccccc2)(c2ccc(Cl)cc2)c2ccc(Cl)cc2)cc1. The van der Waals surface area contributed by atoms with Crippen LogP contribution in [-0.2, 0) is 13.7 Å². The molecule has 4 aromatic rings. The zero-order valence-electron chi connectivity index (χ0n) is 17.1. The minimum atomic E-state index is -4.13. The van der Waals surface area contributed by atoms with E-state index in [1.807, 2.05) is 61.5 Å². The van der Waals surface area contributed by atoms with E-state index >= 15 is 0 Å². The smallest absolute Gasteiger partial charge is 0.203 e. The van der Waals surface area contributed by atoms with Crippen LogP contribution in [0.15, 0.2) is 123 Å². The number of hydrogen-bond acceptors (Lipinski definition) is 3. The summed E-state index contributed by atoms with van der Waals surface area (Å²) in [6, 6.07) is 30.2. The van der Waals surface area contributed by atoms with Crippen LogP contribution in [-0.4, -0.2) is 8.42 Å². The highest BCUT2D eigenvalue weighted by atomic mass is 35.5. The molecule has 3 nitrogen and oxygen atoms in total. The first-order chi connectivity index (χ1) is 15.3. The topological polar surface area (TPSA) is 43.4 Å². The van der Waals surface area contributed by atoms with E-state index < -0.39 is 20.4 Å². The predicted octanol–water partition coefficient (Wildman–Crippen LogP) is 7.90. The molecule has 0 bridgehead atoms. The highest BCUT2D eigenvalue weighted by molar-refractivity contribution is 8.33. The Kier molecular flexibility index (Phi) is 6.65. The molecule has 0 saturated heterocycles. The Morgan fingerprint density at radius 2 is 0.969 bits per heavy atom. The summed E-state index contributed by atoms with van der Waals surface area (Å²) < 4.78 is 33.4. The van der Waals surface area contributed by atoms with E-state index in [0.717, 1.165) is 10.5 Å². The minimum Gasteiger partial charge on any atom is -0.203 e. The molecule has 0 aliphatic heterocycles. The van der Waals surface area contributed by atoms with Crippen molar-refractivity contribution >= 4 is 43.6 Å². The molecule has 0 unspecified atom stereocenters. The van der Waals surface area contributed by atoms with Gasteiger partial charge in [-0.15, -0.1) is 0 Å². The van der Waals surface area contributed by atoms with Crippen LogP contribution in [0.3, 0.4) is 0 Å². The number of rotatable bonds is 6. The van der Waals surface area contributed by atoms with Crippen molar-refractivity contribution in [2.45, 2.75) is 26.5 Å². The van der Waals surface area contributed by atoms with Crippen molar-refractivity contribution in [1.29, 1.82) is 0 Å². The van der Waals surface area contributed by atoms with Gasteiger partial charge in [0, 0.05) is 24.7 Å². The van der Waals surface area contributed by atoms with E-state index in [0.29, 0.717) is 19.8 Å². The van der Waals surface area contributed by atoms with E-state index in [4.69, 9.17) is 26.8 Å². The van der Waals surface area contributed by atoms with Crippen molar-refractivity contribution in [3.63, 3.8) is 0 Å². The monoisotopic (exact) mass is 502 g/mol. The lowest BCUT2D eigenvalue weighted by atomic mass is 10.2. The predicted molar refractivity (Wildman–Crippen MR) is 131 cm³/mol. The fourth-order valence-electron chi connectivity index (χ4n) is 3.27. The summed E-state index contributed by atoms with van der Waals surface area (Å²) in [5.41, 5.74) is 0.959. The number of aryl methyl sites for hydroxylation is 1. The second kappa shape index (κ2) is 9.30. The molecule has 0 aromatic heterocycles. The van der Waals surface area contributed by atoms with Crippen LogP contribution in [0, 0.1) is 6.92 Å². The highest BCUT2D eigenvalue weighted by Crippen LogP contribution is 2.70. The van der Waals surface area contributed by atoms with Gasteiger partial charge in [0.2, 0.25) is 0 Å². The van der Waals surface area contributed by atoms with E-state index in [9.17, 15) is 8.42 Å². The van der Waals surface area contributed by atoms with Crippen molar-refractivity contribution in [2.24, 2.45) is 0 Å². The van der Waals surface area contributed by atoms with Gasteiger partial charge in [-0.2, -0.15) is 8.42 Å². The second-order valence-electron chi connectivity index (χ2n) is 7.11. The molecule has 4 aromatic carbocycles. The molecule has 0 atom stereocenters. The van der Waals surface area contributed by atoms with E-state index in [-0.39, 0.29) is 4.90 Å². The van der Waals surface area contributed by atoms with Gasteiger partial charge in [-0.05, 0) is 90.0 Å². The first-order valence-corrected chi connectivity index (χ1v) is 13.5. The molecule has 0 saturated carbocycles. The molecule has 0 N–H and O–H groups in total. The zero-order valence-corrected chi connectivity index (χ0v) is 20.3. The average molecular weight is 503 g/mol. The van der Waals surface area contributed by atoms with E-state index in [1.165, 1.54) is 0 Å². The van der Waals surface area contributed by atoms with Crippen LogP contribution in [0.25, 0.3) is 0 Å². The molecule has 32 heavy (non-hydrogen) atoms. The fourth-order valence-corrected chi connectivity index (χ4v) is 8.72. The van der Waals surface area contributed by atoms with Crippen molar-refractivity contribution in [3.8, 4) is 0 Å². The van der Waals surface area contributed by atoms with Crippen molar-refractivity contribution in [3.05, 3.63) is 119 Å². The minimum absolute atomic E-state index is 0.0961. The van der Waals surface area contributed by atoms with Gasteiger partial charge in [-0.1, -0.05) is 59.1 Å². The molecule has 0 radical (unpaired) electrons. The van der Waals surface area contributed by atoms with Gasteiger partial charge in [0.05, 0.1) is 4.90 Å². The molecular formula is C25H20Cl2O3S2. The van der Waals surface area contributed by atoms with Crippen molar-refractivity contribution in [1.82, 2.24) is 0 Å². The molecule has 0 aliphatic rings. The molecule has 164 valence electrons. The third-order valence-corrected chi connectivity index (χ3v) is 10.6. The van der Waals surface area contributed by atoms with Gasteiger partial charge in [-0.3, -0.25) is 0 Å². The summed E-state index contributed by atoms with van der Waals surface area (Å²) >= 11 is 12.3. The third kappa shape index (κ3) is 4.58. The summed E-state index contributed by atoms with van der Waals surface area (Å²) in [7, 11) is -6.82. The summed E-state index contributed by atoms with van der Waals surface area (Å²) in [5.74, 6) is 0. The van der Waals surface area contributed by atoms with E-state index in [1.54, 1.807) is 48.5 Å². The molecular weight excluding hydrogens is 483 g/mol. The van der Waals surface area contributed by atoms with Crippen LogP contribution in [0.5, 0.6) is 0 Å². The Morgan fingerprint density at radius 1 is 0.562 bits per heavy atom. The van der Waals surface area contributed by atoms with Crippen LogP contribution in [0.4, 0.5) is 0 Å². The Labute approximate surface area is 200 Å². The lowest BCUT2D eigenvalue weighted by molar-refractivity contribution is 0.508. The largest absolute Gasteiger partial charge is 0.307 e. The van der Waals surface area contributed by atoms with Gasteiger partial charge in [0.15, 0.2) is 0 Å². The van der Waals surface area contributed by atoms with Crippen LogP contribution in [0.2, 0.25) is 10.0 Å². The molecule has 0 spiro atoms. The van der Waals surface area contributed by atoms with Crippen molar-refractivity contribution in [2.75, 3.05) is 0 Å². The van der Waals surface area contributed by atoms with Crippen molar-refractivity contribution < 1.29 is 12.0 Å². The fraction of sp³-hybridized carbons (Fsp3) is 0.0400. The Bertz CT molecular complexity index is 1260. The molecule has 7 heteroatoms. The average Bonchev–Trinajstić information content (AvgIpc) is 2.79. The maximum atomic E-state index is 13.6. The third-order valence-electron chi connectivity index (χ3n) is 4.87. The highest BCUT2D eigenvalue weighted by Gasteiger charge is 2.38. The molecule has 0 amide bonds. The lowest BCUT2D eigenvalue weighted by Gasteiger charge is -2.39. The Balaban J connectivity index is 2.01. The van der Waals surface area contributed by atoms with Crippen LogP contribution in [0.1, 0.15) is 5.56 Å². The summed E-state index contributed by atoms with van der Waals surface area (Å²) in [6.45, 7) is 1.90. The van der Waals surface area contributed by atoms with Gasteiger partial charge >= 0.3 is 10.1 Å². The first kappa shape index (κ1) is 22.9. The van der Waals surface area contributed by atoms with Gasteiger partial charge in [-0.25, -0.2) is 3.63 Å². The van der Waals surface area contributed by atoms with Crippen LogP contribution >= 0.6 is 33.5 Å². The summed E-state index contributed by atoms with van der Waals surface area (Å²) in [6.07, 6.45) is 0. The molecule has 0 fully saturated rings. The maximum absolute atomic E-state index is 13.6. The van der Waals surface area contributed by atoms with Crippen LogP contribution < -0.4 is 0 Å². The first-order valence-electron chi connectivity index (χ1n) is 9.74.